The Balaban J connectivity index is 2.81. The lowest BCUT2D eigenvalue weighted by Gasteiger charge is -2.09. The van der Waals surface area contributed by atoms with Gasteiger partial charge in [-0.3, -0.25) is 14.2 Å². The van der Waals surface area contributed by atoms with Gasteiger partial charge in [-0.25, -0.2) is 0 Å². The van der Waals surface area contributed by atoms with Crippen LogP contribution in [-0.4, -0.2) is 10.5 Å². The first-order valence-corrected chi connectivity index (χ1v) is 4.97. The molecule has 1 aromatic heterocycles. The molecule has 1 heterocycles. The lowest BCUT2D eigenvalue weighted by atomic mass is 10.1. The normalized spacial score (nSPS) is 10.6. The first-order valence-electron chi connectivity index (χ1n) is 4.97. The number of aromatic nitrogens is 1. The molecular formula is C12H12N2O2. The average molecular weight is 216 g/mol. The summed E-state index contributed by atoms with van der Waals surface area (Å²) < 4.78 is 1.39. The number of carbonyl (C=O) groups excluding carboxylic acids is 1. The molecule has 16 heavy (non-hydrogen) atoms. The van der Waals surface area contributed by atoms with E-state index in [1.807, 2.05) is 31.2 Å². The highest BCUT2D eigenvalue weighted by atomic mass is 16.2. The molecule has 0 atom stereocenters. The van der Waals surface area contributed by atoms with Gasteiger partial charge in [-0.05, 0) is 18.6 Å². The SMILES string of the molecule is Cc1cc(=O)n(CC(N)=O)c2ccccc12. The second-order valence-electron chi connectivity index (χ2n) is 3.74. The number of hydrogen-bond donors (Lipinski definition) is 1. The van der Waals surface area contributed by atoms with E-state index in [1.165, 1.54) is 10.6 Å². The van der Waals surface area contributed by atoms with Crippen molar-refractivity contribution in [3.8, 4) is 0 Å². The number of nitrogens with two attached hydrogens (primary N) is 1. The first kappa shape index (κ1) is 10.4. The monoisotopic (exact) mass is 216 g/mol. The maximum absolute atomic E-state index is 11.7. The molecule has 2 aromatic rings. The van der Waals surface area contributed by atoms with Gasteiger partial charge in [-0.2, -0.15) is 0 Å². The Bertz CT molecular complexity index is 614. The van der Waals surface area contributed by atoms with Gasteiger partial charge in [0, 0.05) is 11.5 Å². The summed E-state index contributed by atoms with van der Waals surface area (Å²) in [4.78, 5) is 22.7. The number of benzene rings is 1. The molecule has 0 aliphatic heterocycles. The predicted molar refractivity (Wildman–Crippen MR) is 62.1 cm³/mol. The molecule has 0 saturated carbocycles. The zero-order valence-electron chi connectivity index (χ0n) is 8.93. The van der Waals surface area contributed by atoms with Crippen LogP contribution in [0.5, 0.6) is 0 Å². The van der Waals surface area contributed by atoms with Gasteiger partial charge in [0.05, 0.1) is 5.52 Å². The van der Waals surface area contributed by atoms with Crippen LogP contribution >= 0.6 is 0 Å². The minimum absolute atomic E-state index is 0.0837. The number of fused-ring (bicyclic) bond motifs is 1. The van der Waals surface area contributed by atoms with Gasteiger partial charge in [-0.15, -0.1) is 0 Å². The zero-order valence-corrected chi connectivity index (χ0v) is 8.93. The quantitative estimate of drug-likeness (QED) is 0.806. The van der Waals surface area contributed by atoms with Crippen molar-refractivity contribution in [2.45, 2.75) is 13.5 Å². The number of amides is 1. The topological polar surface area (TPSA) is 65.1 Å². The fourth-order valence-electron chi connectivity index (χ4n) is 1.82. The van der Waals surface area contributed by atoms with Crippen molar-refractivity contribution >= 4 is 16.8 Å². The summed E-state index contributed by atoms with van der Waals surface area (Å²) in [7, 11) is 0. The molecule has 0 saturated heterocycles. The second kappa shape index (κ2) is 3.81. The van der Waals surface area contributed by atoms with E-state index in [9.17, 15) is 9.59 Å². The number of para-hydroxylation sites is 1. The summed E-state index contributed by atoms with van der Waals surface area (Å²) in [5.74, 6) is -0.517. The van der Waals surface area contributed by atoms with Crippen molar-refractivity contribution in [1.82, 2.24) is 4.57 Å². The van der Waals surface area contributed by atoms with Crippen molar-refractivity contribution < 1.29 is 4.79 Å². The molecule has 1 amide bonds. The van der Waals surface area contributed by atoms with Crippen LogP contribution in [0.1, 0.15) is 5.56 Å². The Kier molecular flexibility index (Phi) is 2.48. The summed E-state index contributed by atoms with van der Waals surface area (Å²) in [6.07, 6.45) is 0. The molecule has 2 rings (SSSR count). The second-order valence-corrected chi connectivity index (χ2v) is 3.74. The van der Waals surface area contributed by atoms with Crippen molar-refractivity contribution in [3.63, 3.8) is 0 Å². The molecule has 0 fully saturated rings. The summed E-state index contributed by atoms with van der Waals surface area (Å²) in [6, 6.07) is 8.98. The molecule has 4 nitrogen and oxygen atoms in total. The highest BCUT2D eigenvalue weighted by molar-refractivity contribution is 5.84. The number of rotatable bonds is 2. The average Bonchev–Trinajstić information content (AvgIpc) is 2.24. The van der Waals surface area contributed by atoms with Crippen LogP contribution in [0.25, 0.3) is 10.9 Å². The minimum Gasteiger partial charge on any atom is -0.368 e. The number of primary amides is 1. The standard InChI is InChI=1S/C12H12N2O2/c1-8-6-12(16)14(7-11(13)15)10-5-3-2-4-9(8)10/h2-6H,7H2,1H3,(H2,13,15). The Morgan fingerprint density at radius 1 is 1.38 bits per heavy atom. The molecule has 0 bridgehead atoms. The van der Waals surface area contributed by atoms with E-state index < -0.39 is 5.91 Å². The fraction of sp³-hybridized carbons (Fsp3) is 0.167. The third-order valence-corrected chi connectivity index (χ3v) is 2.54. The third-order valence-electron chi connectivity index (χ3n) is 2.54. The molecule has 4 heteroatoms. The third kappa shape index (κ3) is 1.69. The van der Waals surface area contributed by atoms with Crippen LogP contribution < -0.4 is 11.3 Å². The number of pyridine rings is 1. The van der Waals surface area contributed by atoms with Crippen LogP contribution in [0.3, 0.4) is 0 Å². The molecule has 82 valence electrons. The zero-order chi connectivity index (χ0) is 11.7. The van der Waals surface area contributed by atoms with Crippen LogP contribution in [0.4, 0.5) is 0 Å². The van der Waals surface area contributed by atoms with Crippen molar-refractivity contribution in [3.05, 3.63) is 46.2 Å². The maximum Gasteiger partial charge on any atom is 0.251 e. The summed E-state index contributed by atoms with van der Waals surface area (Å²) in [5.41, 5.74) is 6.57. The number of hydrogen-bond acceptors (Lipinski definition) is 2. The van der Waals surface area contributed by atoms with E-state index >= 15 is 0 Å². The van der Waals surface area contributed by atoms with E-state index in [4.69, 9.17) is 5.73 Å². The van der Waals surface area contributed by atoms with Gasteiger partial charge in [-0.1, -0.05) is 18.2 Å². The van der Waals surface area contributed by atoms with E-state index in [0.717, 1.165) is 16.5 Å². The Morgan fingerprint density at radius 3 is 2.75 bits per heavy atom. The summed E-state index contributed by atoms with van der Waals surface area (Å²) in [6.45, 7) is 1.79. The molecule has 0 spiro atoms. The molecule has 0 aliphatic rings. The van der Waals surface area contributed by atoms with Crippen molar-refractivity contribution in [1.29, 1.82) is 0 Å². The van der Waals surface area contributed by atoms with Crippen LogP contribution in [-0.2, 0) is 11.3 Å². The smallest absolute Gasteiger partial charge is 0.251 e. The molecule has 0 aliphatic carbocycles. The van der Waals surface area contributed by atoms with E-state index in [-0.39, 0.29) is 12.1 Å². The Labute approximate surface area is 92.3 Å². The van der Waals surface area contributed by atoms with Crippen molar-refractivity contribution in [2.24, 2.45) is 5.73 Å². The van der Waals surface area contributed by atoms with E-state index in [2.05, 4.69) is 0 Å². The first-order chi connectivity index (χ1) is 7.59. The van der Waals surface area contributed by atoms with Gasteiger partial charge >= 0.3 is 0 Å². The fourth-order valence-corrected chi connectivity index (χ4v) is 1.82. The number of nitrogens with zero attached hydrogens (tertiary/aromatic N) is 1. The number of aryl methyl sites for hydroxylation is 1. The van der Waals surface area contributed by atoms with E-state index in [1.54, 1.807) is 0 Å². The molecule has 0 unspecified atom stereocenters. The summed E-state index contributed by atoms with van der Waals surface area (Å²) >= 11 is 0. The lowest BCUT2D eigenvalue weighted by Crippen LogP contribution is -2.28. The van der Waals surface area contributed by atoms with Crippen LogP contribution in [0.2, 0.25) is 0 Å². The van der Waals surface area contributed by atoms with Gasteiger partial charge in [0.2, 0.25) is 5.91 Å². The van der Waals surface area contributed by atoms with Gasteiger partial charge in [0.15, 0.2) is 0 Å². The maximum atomic E-state index is 11.7. The molecule has 1 aromatic carbocycles. The Hall–Kier alpha value is -2.10. The van der Waals surface area contributed by atoms with Crippen LogP contribution in [0.15, 0.2) is 35.1 Å². The number of carbonyl (C=O) groups is 1. The summed E-state index contributed by atoms with van der Waals surface area (Å²) in [5, 5.41) is 0.961. The van der Waals surface area contributed by atoms with E-state index in [0.29, 0.717) is 0 Å². The minimum atomic E-state index is -0.517. The predicted octanol–water partition coefficient (Wildman–Crippen LogP) is 0.795. The molecular weight excluding hydrogens is 204 g/mol. The van der Waals surface area contributed by atoms with Crippen molar-refractivity contribution in [2.75, 3.05) is 0 Å². The largest absolute Gasteiger partial charge is 0.368 e. The van der Waals surface area contributed by atoms with Gasteiger partial charge < -0.3 is 5.73 Å². The molecule has 2 N–H and O–H groups in total. The lowest BCUT2D eigenvalue weighted by molar-refractivity contribution is -0.118. The molecule has 0 radical (unpaired) electrons. The highest BCUT2D eigenvalue weighted by Gasteiger charge is 2.07. The van der Waals surface area contributed by atoms with Crippen LogP contribution in [0, 0.1) is 6.92 Å². The highest BCUT2D eigenvalue weighted by Crippen LogP contribution is 2.15. The Morgan fingerprint density at radius 2 is 2.06 bits per heavy atom. The van der Waals surface area contributed by atoms with Gasteiger partial charge in [0.25, 0.3) is 5.56 Å². The van der Waals surface area contributed by atoms with Gasteiger partial charge in [0.1, 0.15) is 6.54 Å².